The topological polar surface area (TPSA) is 40.5 Å². The van der Waals surface area contributed by atoms with Gasteiger partial charge in [0.2, 0.25) is 0 Å². The van der Waals surface area contributed by atoms with Crippen LogP contribution in [0.3, 0.4) is 0 Å². The lowest BCUT2D eigenvalue weighted by Gasteiger charge is -2.22. The van der Waals surface area contributed by atoms with E-state index in [0.717, 1.165) is 31.0 Å². The highest BCUT2D eigenvalue weighted by atomic mass is 32.1. The third kappa shape index (κ3) is 3.92. The minimum Gasteiger partial charge on any atom is -0.352 e. The van der Waals surface area contributed by atoms with E-state index in [9.17, 15) is 0 Å². The monoisotopic (exact) mass is 338 g/mol. The summed E-state index contributed by atoms with van der Waals surface area (Å²) in [6.45, 7) is 1.68. The lowest BCUT2D eigenvalue weighted by Crippen LogP contribution is -2.39. The highest BCUT2D eigenvalue weighted by Crippen LogP contribution is 2.16. The second-order valence-electron chi connectivity index (χ2n) is 5.64. The molecule has 3 aromatic rings. The van der Waals surface area contributed by atoms with Gasteiger partial charge in [-0.1, -0.05) is 24.3 Å². The van der Waals surface area contributed by atoms with Crippen LogP contribution in [0.2, 0.25) is 0 Å². The molecule has 2 aromatic heterocycles. The van der Waals surface area contributed by atoms with E-state index in [4.69, 9.17) is 0 Å². The first-order valence-electron chi connectivity index (χ1n) is 8.04. The van der Waals surface area contributed by atoms with Crippen LogP contribution < -0.4 is 5.32 Å². The van der Waals surface area contributed by atoms with Gasteiger partial charge in [0.1, 0.15) is 0 Å². The van der Waals surface area contributed by atoms with Crippen molar-refractivity contribution in [1.29, 1.82) is 0 Å². The van der Waals surface area contributed by atoms with E-state index in [1.165, 1.54) is 15.8 Å². The Morgan fingerprint density at radius 2 is 2.08 bits per heavy atom. The summed E-state index contributed by atoms with van der Waals surface area (Å²) in [6, 6.07) is 14.6. The van der Waals surface area contributed by atoms with Gasteiger partial charge in [-0.2, -0.15) is 0 Å². The second-order valence-corrected chi connectivity index (χ2v) is 6.67. The molecular formula is C19H22N4S. The molecule has 3 rings (SSSR count). The summed E-state index contributed by atoms with van der Waals surface area (Å²) in [5, 5.41) is 6.77. The lowest BCUT2D eigenvalue weighted by molar-refractivity contribution is 0.486. The van der Waals surface area contributed by atoms with Gasteiger partial charge in [-0.05, 0) is 35.6 Å². The second kappa shape index (κ2) is 7.93. The third-order valence-electron chi connectivity index (χ3n) is 4.02. The number of likely N-dealkylation sites (N-methyl/N-ethyl adjacent to an activating group) is 1. The Morgan fingerprint density at radius 3 is 2.88 bits per heavy atom. The Kier molecular flexibility index (Phi) is 5.43. The van der Waals surface area contributed by atoms with E-state index in [1.54, 1.807) is 11.3 Å². The standard InChI is InChI=1S/C19H22N4S/c1-20-19(23(2)12-10-16-6-5-13-24-16)22-14-15-9-11-21-18-8-4-3-7-17(15)18/h3-9,11,13H,10,12,14H2,1-2H3,(H,20,22). The van der Waals surface area contributed by atoms with Crippen LogP contribution in [0.5, 0.6) is 0 Å². The summed E-state index contributed by atoms with van der Waals surface area (Å²) >= 11 is 1.80. The van der Waals surface area contributed by atoms with E-state index >= 15 is 0 Å². The molecule has 0 aliphatic rings. The Morgan fingerprint density at radius 1 is 1.21 bits per heavy atom. The van der Waals surface area contributed by atoms with Crippen molar-refractivity contribution >= 4 is 28.2 Å². The molecule has 4 nitrogen and oxygen atoms in total. The summed E-state index contributed by atoms with van der Waals surface area (Å²) < 4.78 is 0. The molecule has 124 valence electrons. The number of aliphatic imine (C=N–C) groups is 1. The SMILES string of the molecule is CN=C(NCc1ccnc2ccccc12)N(C)CCc1cccs1. The van der Waals surface area contributed by atoms with Crippen molar-refractivity contribution in [3.8, 4) is 0 Å². The summed E-state index contributed by atoms with van der Waals surface area (Å²) in [7, 11) is 3.90. The molecule has 0 amide bonds. The summed E-state index contributed by atoms with van der Waals surface area (Å²) in [5.41, 5.74) is 2.26. The number of nitrogens with one attached hydrogen (secondary N) is 1. The first kappa shape index (κ1) is 16.5. The van der Waals surface area contributed by atoms with Crippen LogP contribution in [0.4, 0.5) is 0 Å². The van der Waals surface area contributed by atoms with Gasteiger partial charge in [0.05, 0.1) is 5.52 Å². The van der Waals surface area contributed by atoms with Gasteiger partial charge in [-0.25, -0.2) is 0 Å². The minimum absolute atomic E-state index is 0.735. The molecule has 0 spiro atoms. The summed E-state index contributed by atoms with van der Waals surface area (Å²) in [5.74, 6) is 0.910. The predicted molar refractivity (Wildman–Crippen MR) is 103 cm³/mol. The number of benzene rings is 1. The summed E-state index contributed by atoms with van der Waals surface area (Å²) in [6.07, 6.45) is 2.90. The van der Waals surface area contributed by atoms with Crippen LogP contribution in [0.15, 0.2) is 59.0 Å². The maximum atomic E-state index is 4.41. The molecular weight excluding hydrogens is 316 g/mol. The van der Waals surface area contributed by atoms with Crippen LogP contribution >= 0.6 is 11.3 Å². The van der Waals surface area contributed by atoms with Crippen molar-refractivity contribution in [2.24, 2.45) is 4.99 Å². The van der Waals surface area contributed by atoms with Gasteiger partial charge in [-0.3, -0.25) is 9.98 Å². The highest BCUT2D eigenvalue weighted by molar-refractivity contribution is 7.09. The van der Waals surface area contributed by atoms with Crippen molar-refractivity contribution in [2.45, 2.75) is 13.0 Å². The van der Waals surface area contributed by atoms with Crippen molar-refractivity contribution in [3.63, 3.8) is 0 Å². The fourth-order valence-electron chi connectivity index (χ4n) is 2.71. The fraction of sp³-hybridized carbons (Fsp3) is 0.263. The lowest BCUT2D eigenvalue weighted by atomic mass is 10.1. The maximum absolute atomic E-state index is 4.41. The first-order chi connectivity index (χ1) is 11.8. The molecule has 0 aliphatic carbocycles. The van der Waals surface area contributed by atoms with E-state index in [2.05, 4.69) is 63.0 Å². The number of thiophene rings is 1. The number of rotatable bonds is 5. The van der Waals surface area contributed by atoms with Gasteiger partial charge in [0.15, 0.2) is 5.96 Å². The van der Waals surface area contributed by atoms with Crippen LogP contribution in [0, 0.1) is 0 Å². The smallest absolute Gasteiger partial charge is 0.193 e. The normalized spacial score (nSPS) is 11.7. The summed E-state index contributed by atoms with van der Waals surface area (Å²) in [4.78, 5) is 12.4. The number of hydrogen-bond donors (Lipinski definition) is 1. The molecule has 0 bridgehead atoms. The molecule has 0 saturated heterocycles. The molecule has 0 fully saturated rings. The van der Waals surface area contributed by atoms with Gasteiger partial charge in [-0.15, -0.1) is 11.3 Å². The quantitative estimate of drug-likeness (QED) is 0.571. The Bertz CT molecular complexity index is 806. The third-order valence-corrected chi connectivity index (χ3v) is 4.96. The average Bonchev–Trinajstić information content (AvgIpc) is 3.14. The van der Waals surface area contributed by atoms with Crippen LogP contribution in [-0.2, 0) is 13.0 Å². The van der Waals surface area contributed by atoms with Crippen molar-refractivity contribution < 1.29 is 0 Å². The van der Waals surface area contributed by atoms with Gasteiger partial charge in [0, 0.05) is 43.6 Å². The van der Waals surface area contributed by atoms with Crippen molar-refractivity contribution in [2.75, 3.05) is 20.6 Å². The Labute approximate surface area is 146 Å². The van der Waals surface area contributed by atoms with Gasteiger partial charge in [0.25, 0.3) is 0 Å². The highest BCUT2D eigenvalue weighted by Gasteiger charge is 2.08. The molecule has 24 heavy (non-hydrogen) atoms. The van der Waals surface area contributed by atoms with E-state index in [-0.39, 0.29) is 0 Å². The minimum atomic E-state index is 0.735. The first-order valence-corrected chi connectivity index (χ1v) is 8.92. The molecule has 0 radical (unpaired) electrons. The van der Waals surface area contributed by atoms with Crippen molar-refractivity contribution in [3.05, 3.63) is 64.5 Å². The van der Waals surface area contributed by atoms with Gasteiger partial charge < -0.3 is 10.2 Å². The molecule has 0 aliphatic heterocycles. The van der Waals surface area contributed by atoms with E-state index in [0.29, 0.717) is 0 Å². The largest absolute Gasteiger partial charge is 0.352 e. The number of pyridine rings is 1. The molecule has 2 heterocycles. The van der Waals surface area contributed by atoms with Crippen molar-refractivity contribution in [1.82, 2.24) is 15.2 Å². The number of guanidine groups is 1. The Balaban J connectivity index is 1.63. The van der Waals surface area contributed by atoms with E-state index in [1.807, 2.05) is 25.4 Å². The average molecular weight is 338 g/mol. The molecule has 1 N–H and O–H groups in total. The zero-order valence-electron chi connectivity index (χ0n) is 14.1. The number of fused-ring (bicyclic) bond motifs is 1. The number of aromatic nitrogens is 1. The number of hydrogen-bond acceptors (Lipinski definition) is 3. The predicted octanol–water partition coefficient (Wildman–Crippen LogP) is 3.55. The Hall–Kier alpha value is -2.40. The number of para-hydroxylation sites is 1. The maximum Gasteiger partial charge on any atom is 0.193 e. The van der Waals surface area contributed by atoms with E-state index < -0.39 is 0 Å². The molecule has 0 saturated carbocycles. The molecule has 5 heteroatoms. The van der Waals surface area contributed by atoms with Gasteiger partial charge >= 0.3 is 0 Å². The van der Waals surface area contributed by atoms with Crippen LogP contribution in [-0.4, -0.2) is 36.5 Å². The van der Waals surface area contributed by atoms with Crippen LogP contribution in [0.25, 0.3) is 10.9 Å². The fourth-order valence-corrected chi connectivity index (χ4v) is 3.41. The van der Waals surface area contributed by atoms with Crippen LogP contribution in [0.1, 0.15) is 10.4 Å². The molecule has 0 atom stereocenters. The zero-order chi connectivity index (χ0) is 16.8. The molecule has 0 unspecified atom stereocenters. The number of nitrogens with zero attached hydrogens (tertiary/aromatic N) is 3. The molecule has 1 aromatic carbocycles. The zero-order valence-corrected chi connectivity index (χ0v) is 14.9.